The summed E-state index contributed by atoms with van der Waals surface area (Å²) in [6, 6.07) is 9.01. The number of amides is 3. The van der Waals surface area contributed by atoms with E-state index in [2.05, 4.69) is 0 Å². The second-order valence-corrected chi connectivity index (χ2v) is 8.71. The van der Waals surface area contributed by atoms with Crippen molar-refractivity contribution in [3.8, 4) is 0 Å². The number of halogens is 2. The fraction of sp³-hybridized carbons (Fsp3) is 0.217. The predicted molar refractivity (Wildman–Crippen MR) is 122 cm³/mol. The van der Waals surface area contributed by atoms with Crippen LogP contribution in [0.25, 0.3) is 0 Å². The number of nitro groups is 1. The third-order valence-electron chi connectivity index (χ3n) is 5.79. The van der Waals surface area contributed by atoms with Crippen LogP contribution < -0.4 is 0 Å². The van der Waals surface area contributed by atoms with Gasteiger partial charge in [-0.05, 0) is 37.1 Å². The first-order valence-corrected chi connectivity index (χ1v) is 11.0. The van der Waals surface area contributed by atoms with Gasteiger partial charge in [0.15, 0.2) is 5.78 Å². The number of hydrazine groups is 1. The molecule has 1 aliphatic heterocycles. The highest BCUT2D eigenvalue weighted by atomic mass is 35.5. The average molecular weight is 502 g/mol. The molecule has 4 rings (SSSR count). The lowest BCUT2D eigenvalue weighted by molar-refractivity contribution is -0.384. The van der Waals surface area contributed by atoms with E-state index in [0.717, 1.165) is 11.1 Å². The molecule has 34 heavy (non-hydrogen) atoms. The zero-order valence-corrected chi connectivity index (χ0v) is 19.0. The molecule has 2 atom stereocenters. The molecule has 0 bridgehead atoms. The van der Waals surface area contributed by atoms with Gasteiger partial charge >= 0.3 is 0 Å². The van der Waals surface area contributed by atoms with Gasteiger partial charge in [-0.3, -0.25) is 29.3 Å². The maximum absolute atomic E-state index is 13.4. The summed E-state index contributed by atoms with van der Waals surface area (Å²) in [4.78, 5) is 63.3. The van der Waals surface area contributed by atoms with Gasteiger partial charge in [0.25, 0.3) is 23.4 Å². The monoisotopic (exact) mass is 501 g/mol. The molecule has 3 amide bonds. The maximum Gasteiger partial charge on any atom is 0.273 e. The standard InChI is InChI=1S/C23H17Cl2N3O6/c24-14-8-9-18(19(25)11-14)20(29)12-26(21(30)13-4-3-5-15(10-13)28(33)34)27-22(31)16-6-1-2-7-17(16)23(27)32/h1-5,8-11,16-17H,6-7,12H2/t16-,17-/m1/s1. The summed E-state index contributed by atoms with van der Waals surface area (Å²) in [6.45, 7) is -0.687. The number of rotatable bonds is 6. The van der Waals surface area contributed by atoms with Crippen LogP contribution in [0, 0.1) is 22.0 Å². The number of ketones is 1. The molecule has 1 fully saturated rings. The Balaban J connectivity index is 1.73. The highest BCUT2D eigenvalue weighted by molar-refractivity contribution is 6.37. The van der Waals surface area contributed by atoms with Crippen molar-refractivity contribution in [3.63, 3.8) is 0 Å². The highest BCUT2D eigenvalue weighted by Gasteiger charge is 2.51. The summed E-state index contributed by atoms with van der Waals surface area (Å²) in [5, 5.41) is 13.0. The van der Waals surface area contributed by atoms with Crippen LogP contribution in [0.5, 0.6) is 0 Å². The van der Waals surface area contributed by atoms with Crippen molar-refractivity contribution in [2.75, 3.05) is 6.54 Å². The Kier molecular flexibility index (Phi) is 6.49. The molecule has 0 saturated carbocycles. The number of carbonyl (C=O) groups excluding carboxylic acids is 4. The van der Waals surface area contributed by atoms with Crippen molar-refractivity contribution in [2.24, 2.45) is 11.8 Å². The normalized spacial score (nSPS) is 19.2. The molecule has 0 radical (unpaired) electrons. The van der Waals surface area contributed by atoms with Crippen molar-refractivity contribution >= 4 is 52.4 Å². The average Bonchev–Trinajstić information content (AvgIpc) is 3.07. The van der Waals surface area contributed by atoms with Gasteiger partial charge in [0.2, 0.25) is 0 Å². The Morgan fingerprint density at radius 1 is 1.03 bits per heavy atom. The molecule has 0 spiro atoms. The van der Waals surface area contributed by atoms with Crippen LogP contribution in [-0.2, 0) is 9.59 Å². The number of nitro benzene ring substituents is 1. The zero-order chi connectivity index (χ0) is 24.6. The van der Waals surface area contributed by atoms with E-state index in [4.69, 9.17) is 23.2 Å². The van der Waals surface area contributed by atoms with E-state index in [0.29, 0.717) is 22.9 Å². The van der Waals surface area contributed by atoms with Crippen LogP contribution in [0.4, 0.5) is 5.69 Å². The Morgan fingerprint density at radius 3 is 2.26 bits per heavy atom. The smallest absolute Gasteiger partial charge is 0.273 e. The van der Waals surface area contributed by atoms with Crippen molar-refractivity contribution < 1.29 is 24.1 Å². The first kappa shape index (κ1) is 23.6. The maximum atomic E-state index is 13.4. The second kappa shape index (κ2) is 9.36. The van der Waals surface area contributed by atoms with E-state index in [1.54, 1.807) is 12.2 Å². The number of non-ortho nitro benzene ring substituents is 1. The number of hydrogen-bond donors (Lipinski definition) is 0. The van der Waals surface area contributed by atoms with Crippen LogP contribution in [-0.4, -0.2) is 45.0 Å². The molecule has 0 unspecified atom stereocenters. The van der Waals surface area contributed by atoms with E-state index < -0.39 is 46.8 Å². The van der Waals surface area contributed by atoms with E-state index in [9.17, 15) is 29.3 Å². The topological polar surface area (TPSA) is 118 Å². The minimum Gasteiger partial charge on any atom is -0.292 e. The summed E-state index contributed by atoms with van der Waals surface area (Å²) in [5.74, 6) is -4.05. The molecular weight excluding hydrogens is 485 g/mol. The number of allylic oxidation sites excluding steroid dienone is 2. The van der Waals surface area contributed by atoms with Crippen LogP contribution in [0.1, 0.15) is 33.6 Å². The van der Waals surface area contributed by atoms with Crippen molar-refractivity contribution in [3.05, 3.63) is 85.9 Å². The van der Waals surface area contributed by atoms with Gasteiger partial charge in [-0.25, -0.2) is 5.01 Å². The molecule has 1 saturated heterocycles. The van der Waals surface area contributed by atoms with Crippen molar-refractivity contribution in [1.82, 2.24) is 10.0 Å². The largest absolute Gasteiger partial charge is 0.292 e. The van der Waals surface area contributed by atoms with E-state index in [1.807, 2.05) is 0 Å². The minimum absolute atomic E-state index is 0.0391. The van der Waals surface area contributed by atoms with Crippen LogP contribution in [0.2, 0.25) is 10.0 Å². The second-order valence-electron chi connectivity index (χ2n) is 7.86. The number of carbonyl (C=O) groups is 4. The van der Waals surface area contributed by atoms with E-state index in [-0.39, 0.29) is 21.8 Å². The Labute approximate surface area is 203 Å². The Hall–Kier alpha value is -3.56. The molecule has 2 aliphatic rings. The third-order valence-corrected chi connectivity index (χ3v) is 6.34. The molecule has 1 heterocycles. The lowest BCUT2D eigenvalue weighted by atomic mass is 9.85. The molecular formula is C23H17Cl2N3O6. The number of hydrogen-bond acceptors (Lipinski definition) is 6. The first-order valence-electron chi connectivity index (χ1n) is 10.3. The van der Waals surface area contributed by atoms with Gasteiger partial charge < -0.3 is 0 Å². The number of Topliss-reactive ketones (excluding diaryl/α,β-unsaturated/α-hetero) is 1. The third kappa shape index (κ3) is 4.32. The molecule has 9 nitrogen and oxygen atoms in total. The summed E-state index contributed by atoms with van der Waals surface area (Å²) >= 11 is 12.0. The molecule has 1 aliphatic carbocycles. The summed E-state index contributed by atoms with van der Waals surface area (Å²) < 4.78 is 0. The van der Waals surface area contributed by atoms with E-state index in [1.165, 1.54) is 36.4 Å². The van der Waals surface area contributed by atoms with Gasteiger partial charge in [-0.15, -0.1) is 0 Å². The molecule has 2 aromatic rings. The summed E-state index contributed by atoms with van der Waals surface area (Å²) in [5.41, 5.74) is -0.464. The zero-order valence-electron chi connectivity index (χ0n) is 17.5. The van der Waals surface area contributed by atoms with Gasteiger partial charge in [0, 0.05) is 28.3 Å². The SMILES string of the molecule is O=C(CN(C(=O)c1cccc([N+](=O)[O-])c1)N1C(=O)[C@@H]2CC=CC[C@H]2C1=O)c1ccc(Cl)cc1Cl. The lowest BCUT2D eigenvalue weighted by Crippen LogP contribution is -2.52. The summed E-state index contributed by atoms with van der Waals surface area (Å²) in [6.07, 6.45) is 4.26. The minimum atomic E-state index is -0.907. The van der Waals surface area contributed by atoms with Gasteiger partial charge in [-0.1, -0.05) is 41.4 Å². The fourth-order valence-corrected chi connectivity index (χ4v) is 4.61. The van der Waals surface area contributed by atoms with Crippen molar-refractivity contribution in [1.29, 1.82) is 0 Å². The number of fused-ring (bicyclic) bond motifs is 1. The Bertz CT molecular complexity index is 1240. The van der Waals surface area contributed by atoms with E-state index >= 15 is 0 Å². The van der Waals surface area contributed by atoms with Gasteiger partial charge in [0.1, 0.15) is 6.54 Å². The van der Waals surface area contributed by atoms with Crippen LogP contribution >= 0.6 is 23.2 Å². The Morgan fingerprint density at radius 2 is 1.68 bits per heavy atom. The number of benzene rings is 2. The lowest BCUT2D eigenvalue weighted by Gasteiger charge is -2.30. The molecule has 0 N–H and O–H groups in total. The molecule has 11 heteroatoms. The highest BCUT2D eigenvalue weighted by Crippen LogP contribution is 2.36. The number of imide groups is 1. The van der Waals surface area contributed by atoms with Gasteiger partial charge in [-0.2, -0.15) is 5.01 Å². The number of nitrogens with zero attached hydrogens (tertiary/aromatic N) is 3. The van der Waals surface area contributed by atoms with Crippen LogP contribution in [0.15, 0.2) is 54.6 Å². The summed E-state index contributed by atoms with van der Waals surface area (Å²) in [7, 11) is 0. The van der Waals surface area contributed by atoms with Crippen LogP contribution in [0.3, 0.4) is 0 Å². The van der Waals surface area contributed by atoms with Crippen molar-refractivity contribution in [2.45, 2.75) is 12.8 Å². The predicted octanol–water partition coefficient (Wildman–Crippen LogP) is 4.09. The fourth-order valence-electron chi connectivity index (χ4n) is 4.09. The molecule has 2 aromatic carbocycles. The first-order chi connectivity index (χ1) is 16.2. The molecule has 174 valence electrons. The molecule has 0 aromatic heterocycles. The van der Waals surface area contributed by atoms with Gasteiger partial charge in [0.05, 0.1) is 21.8 Å². The quantitative estimate of drug-likeness (QED) is 0.193.